The lowest BCUT2D eigenvalue weighted by Gasteiger charge is -2.26. The van der Waals surface area contributed by atoms with Crippen LogP contribution in [0.4, 0.5) is 5.69 Å². The molecule has 1 aromatic heterocycles. The van der Waals surface area contributed by atoms with Gasteiger partial charge in [0.2, 0.25) is 0 Å². The fourth-order valence-corrected chi connectivity index (χ4v) is 4.70. The zero-order valence-corrected chi connectivity index (χ0v) is 19.2. The summed E-state index contributed by atoms with van der Waals surface area (Å²) >= 11 is 0. The fraction of sp³-hybridized carbons (Fsp3) is 0.571. The van der Waals surface area contributed by atoms with Crippen molar-refractivity contribution in [3.8, 4) is 0 Å². The number of rotatable bonds is 5. The van der Waals surface area contributed by atoms with E-state index in [1.54, 1.807) is 6.33 Å². The normalized spacial score (nSPS) is 17.6. The van der Waals surface area contributed by atoms with E-state index in [0.29, 0.717) is 5.41 Å². The molecule has 1 aliphatic heterocycles. The second kappa shape index (κ2) is 9.24. The van der Waals surface area contributed by atoms with Crippen molar-refractivity contribution in [1.82, 2.24) is 20.1 Å². The van der Waals surface area contributed by atoms with E-state index in [4.69, 9.17) is 4.99 Å². The van der Waals surface area contributed by atoms with Crippen LogP contribution < -0.4 is 10.2 Å². The number of anilines is 1. The van der Waals surface area contributed by atoms with Crippen LogP contribution in [0.1, 0.15) is 50.9 Å². The topological polar surface area (TPSA) is 58.3 Å². The number of fused-ring (bicyclic) bond motifs is 2. The quantitative estimate of drug-likeness (QED) is 0.391. The molecular weight excluding hydrogens is 463 g/mol. The lowest BCUT2D eigenvalue weighted by atomic mass is 9.81. The highest BCUT2D eigenvalue weighted by Gasteiger charge is 2.45. The lowest BCUT2D eigenvalue weighted by Crippen LogP contribution is -2.43. The SMILES string of the molecule is CCNC(=NCCn1cnnc1CC)N1CC2(CCCC2)c2ccccc21.I. The van der Waals surface area contributed by atoms with Gasteiger partial charge in [-0.3, -0.25) is 4.99 Å². The Morgan fingerprint density at radius 1 is 1.21 bits per heavy atom. The molecule has 0 atom stereocenters. The summed E-state index contributed by atoms with van der Waals surface area (Å²) in [7, 11) is 0. The third kappa shape index (κ3) is 3.90. The van der Waals surface area contributed by atoms with Gasteiger partial charge in [-0.2, -0.15) is 0 Å². The molecule has 152 valence electrons. The number of hydrogen-bond donors (Lipinski definition) is 1. The fourth-order valence-electron chi connectivity index (χ4n) is 4.70. The average molecular weight is 494 g/mol. The Bertz CT molecular complexity index is 809. The highest BCUT2D eigenvalue weighted by atomic mass is 127. The molecule has 28 heavy (non-hydrogen) atoms. The molecule has 0 bridgehead atoms. The molecule has 1 saturated carbocycles. The van der Waals surface area contributed by atoms with Crippen molar-refractivity contribution in [3.63, 3.8) is 0 Å². The minimum Gasteiger partial charge on any atom is -0.356 e. The van der Waals surface area contributed by atoms with E-state index in [1.165, 1.54) is 36.9 Å². The van der Waals surface area contributed by atoms with Crippen LogP contribution in [0.2, 0.25) is 0 Å². The maximum absolute atomic E-state index is 4.95. The summed E-state index contributed by atoms with van der Waals surface area (Å²) in [6.07, 6.45) is 7.96. The zero-order valence-electron chi connectivity index (χ0n) is 16.9. The summed E-state index contributed by atoms with van der Waals surface area (Å²) in [5.41, 5.74) is 3.16. The van der Waals surface area contributed by atoms with E-state index >= 15 is 0 Å². The van der Waals surface area contributed by atoms with E-state index < -0.39 is 0 Å². The molecule has 2 aliphatic rings. The first-order chi connectivity index (χ1) is 13.3. The maximum Gasteiger partial charge on any atom is 0.198 e. The van der Waals surface area contributed by atoms with Crippen molar-refractivity contribution in [2.75, 3.05) is 24.5 Å². The summed E-state index contributed by atoms with van der Waals surface area (Å²) in [5, 5.41) is 11.7. The summed E-state index contributed by atoms with van der Waals surface area (Å²) in [4.78, 5) is 7.37. The number of aryl methyl sites for hydroxylation is 1. The second-order valence-electron chi connectivity index (χ2n) is 7.62. The highest BCUT2D eigenvalue weighted by Crippen LogP contribution is 2.50. The van der Waals surface area contributed by atoms with Crippen molar-refractivity contribution < 1.29 is 0 Å². The van der Waals surface area contributed by atoms with Crippen molar-refractivity contribution in [2.24, 2.45) is 4.99 Å². The van der Waals surface area contributed by atoms with Gasteiger partial charge in [0.25, 0.3) is 0 Å². The number of nitrogens with zero attached hydrogens (tertiary/aromatic N) is 5. The summed E-state index contributed by atoms with van der Waals surface area (Å²) in [6.45, 7) is 7.70. The third-order valence-corrected chi connectivity index (χ3v) is 5.99. The Morgan fingerprint density at radius 3 is 2.75 bits per heavy atom. The molecule has 0 unspecified atom stereocenters. The van der Waals surface area contributed by atoms with Crippen LogP contribution in [0.5, 0.6) is 0 Å². The van der Waals surface area contributed by atoms with Gasteiger partial charge in [-0.05, 0) is 31.4 Å². The number of para-hydroxylation sites is 1. The number of nitrogens with one attached hydrogen (secondary N) is 1. The van der Waals surface area contributed by atoms with Crippen LogP contribution in [0.15, 0.2) is 35.6 Å². The molecule has 1 aromatic carbocycles. The number of benzene rings is 1. The number of guanidine groups is 1. The average Bonchev–Trinajstić information content (AvgIpc) is 3.42. The predicted molar refractivity (Wildman–Crippen MR) is 125 cm³/mol. The van der Waals surface area contributed by atoms with Gasteiger partial charge in [0, 0.05) is 37.2 Å². The number of hydrogen-bond acceptors (Lipinski definition) is 3. The number of aliphatic imine (C=N–C) groups is 1. The van der Waals surface area contributed by atoms with Gasteiger partial charge in [0.1, 0.15) is 12.2 Å². The van der Waals surface area contributed by atoms with Crippen LogP contribution in [0.3, 0.4) is 0 Å². The van der Waals surface area contributed by atoms with Gasteiger partial charge in [0.15, 0.2) is 5.96 Å². The lowest BCUT2D eigenvalue weighted by molar-refractivity contribution is 0.478. The van der Waals surface area contributed by atoms with Crippen molar-refractivity contribution >= 4 is 35.6 Å². The van der Waals surface area contributed by atoms with E-state index in [-0.39, 0.29) is 24.0 Å². The van der Waals surface area contributed by atoms with Crippen LogP contribution in [-0.2, 0) is 18.4 Å². The first-order valence-corrected chi connectivity index (χ1v) is 10.3. The zero-order chi connectivity index (χ0) is 18.7. The molecule has 1 aliphatic carbocycles. The molecule has 6 nitrogen and oxygen atoms in total. The molecule has 0 saturated heterocycles. The van der Waals surface area contributed by atoms with Crippen LogP contribution >= 0.6 is 24.0 Å². The maximum atomic E-state index is 4.95. The first kappa shape index (κ1) is 21.1. The van der Waals surface area contributed by atoms with E-state index in [1.807, 2.05) is 0 Å². The van der Waals surface area contributed by atoms with E-state index in [2.05, 4.69) is 63.1 Å². The number of halogens is 1. The summed E-state index contributed by atoms with van der Waals surface area (Å²) < 4.78 is 2.10. The van der Waals surface area contributed by atoms with Crippen LogP contribution in [-0.4, -0.2) is 40.4 Å². The first-order valence-electron chi connectivity index (χ1n) is 10.3. The monoisotopic (exact) mass is 494 g/mol. The Labute approximate surface area is 184 Å². The van der Waals surface area contributed by atoms with Crippen molar-refractivity contribution in [1.29, 1.82) is 0 Å². The van der Waals surface area contributed by atoms with Crippen molar-refractivity contribution in [3.05, 3.63) is 42.0 Å². The Kier molecular flexibility index (Phi) is 6.95. The largest absolute Gasteiger partial charge is 0.356 e. The van der Waals surface area contributed by atoms with Gasteiger partial charge >= 0.3 is 0 Å². The molecule has 7 heteroatoms. The van der Waals surface area contributed by atoms with Gasteiger partial charge in [-0.1, -0.05) is 38.0 Å². The van der Waals surface area contributed by atoms with Gasteiger partial charge in [0.05, 0.1) is 6.54 Å². The number of aromatic nitrogens is 3. The predicted octanol–water partition coefficient (Wildman–Crippen LogP) is 3.76. The van der Waals surface area contributed by atoms with E-state index in [9.17, 15) is 0 Å². The highest BCUT2D eigenvalue weighted by molar-refractivity contribution is 14.0. The van der Waals surface area contributed by atoms with Crippen molar-refractivity contribution in [2.45, 2.75) is 57.9 Å². The Balaban J connectivity index is 0.00000225. The molecule has 0 amide bonds. The van der Waals surface area contributed by atoms with E-state index in [0.717, 1.165) is 44.4 Å². The van der Waals surface area contributed by atoms with Crippen LogP contribution in [0, 0.1) is 0 Å². The van der Waals surface area contributed by atoms with Gasteiger partial charge < -0.3 is 14.8 Å². The minimum absolute atomic E-state index is 0. The molecular formula is C21H31IN6. The smallest absolute Gasteiger partial charge is 0.198 e. The van der Waals surface area contributed by atoms with Gasteiger partial charge in [-0.25, -0.2) is 0 Å². The Hall–Kier alpha value is -1.64. The Morgan fingerprint density at radius 2 is 2.00 bits per heavy atom. The standard InChI is InChI=1S/C21H30N6.HI/c1-3-19-25-24-16-26(19)14-13-23-20(22-4-2)27-15-21(11-7-8-12-21)17-9-5-6-10-18(17)27;/h5-6,9-10,16H,3-4,7-8,11-15H2,1-2H3,(H,22,23);1H. The molecule has 4 rings (SSSR count). The second-order valence-corrected chi connectivity index (χ2v) is 7.62. The minimum atomic E-state index is 0. The van der Waals surface area contributed by atoms with Gasteiger partial charge in [-0.15, -0.1) is 34.2 Å². The summed E-state index contributed by atoms with van der Waals surface area (Å²) in [5.74, 6) is 2.02. The van der Waals surface area contributed by atoms with Crippen LogP contribution in [0.25, 0.3) is 0 Å². The molecule has 1 fully saturated rings. The molecule has 0 radical (unpaired) electrons. The molecule has 1 N–H and O–H groups in total. The third-order valence-electron chi connectivity index (χ3n) is 5.99. The molecule has 2 heterocycles. The molecule has 1 spiro atoms. The molecule has 2 aromatic rings. The summed E-state index contributed by atoms with van der Waals surface area (Å²) in [6, 6.07) is 8.91.